The number of hydrogen-bond acceptors (Lipinski definition) is 4. The number of aryl methyl sites for hydroxylation is 1. The predicted octanol–water partition coefficient (Wildman–Crippen LogP) is 7.00. The topological polar surface area (TPSA) is 87.7 Å². The number of carbonyl (C=O) groups excluding carboxylic acids is 3. The van der Waals surface area contributed by atoms with Crippen LogP contribution >= 0.6 is 0 Å². The van der Waals surface area contributed by atoms with Gasteiger partial charge in [-0.3, -0.25) is 9.59 Å². The molecule has 0 aromatic heterocycles. The van der Waals surface area contributed by atoms with Crippen molar-refractivity contribution in [2.45, 2.75) is 118 Å². The van der Waals surface area contributed by atoms with E-state index in [0.717, 1.165) is 48.8 Å². The number of nitrogens with one attached hydrogen (secondary N) is 2. The van der Waals surface area contributed by atoms with Gasteiger partial charge in [0.15, 0.2) is 0 Å². The largest absolute Gasteiger partial charge is 0.444 e. The van der Waals surface area contributed by atoms with Gasteiger partial charge in [-0.1, -0.05) is 88.7 Å². The molecule has 0 spiro atoms. The summed E-state index contributed by atoms with van der Waals surface area (Å²) in [5.41, 5.74) is 2.08. The van der Waals surface area contributed by atoms with Gasteiger partial charge < -0.3 is 20.3 Å². The number of ether oxygens (including phenoxy) is 1. The lowest BCUT2D eigenvalue weighted by Gasteiger charge is -2.39. The molecular weight excluding hydrogens is 526 g/mol. The van der Waals surface area contributed by atoms with Gasteiger partial charge in [-0.05, 0) is 76.0 Å². The van der Waals surface area contributed by atoms with Crippen LogP contribution < -0.4 is 10.6 Å². The lowest BCUT2D eigenvalue weighted by molar-refractivity contribution is -0.145. The molecule has 0 aliphatic carbocycles. The van der Waals surface area contributed by atoms with Crippen molar-refractivity contribution in [2.75, 3.05) is 6.54 Å². The van der Waals surface area contributed by atoms with E-state index in [0.29, 0.717) is 12.5 Å². The summed E-state index contributed by atoms with van der Waals surface area (Å²) in [5, 5.41) is 5.94. The number of amides is 3. The second-order valence-electron chi connectivity index (χ2n) is 12.6. The zero-order valence-corrected chi connectivity index (χ0v) is 27.0. The molecule has 2 rings (SSSR count). The third-order valence-corrected chi connectivity index (χ3v) is 7.22. The highest BCUT2D eigenvalue weighted by molar-refractivity contribution is 5.92. The molecule has 2 aromatic rings. The van der Waals surface area contributed by atoms with E-state index in [1.54, 1.807) is 25.7 Å². The number of rotatable bonds is 15. The Balaban J connectivity index is 2.61. The number of benzene rings is 2. The highest BCUT2D eigenvalue weighted by Crippen LogP contribution is 2.28. The standard InChI is InChI=1S/C35H53N3O4/c1-9-11-23-36-32(39)31(29-21-19-27(10-2)20-22-29)38(26(5)18-17-25(3)4)33(40)30(24-28-15-13-12-14-16-28)37-34(41)42-35(6,7)8/h12-16,19-22,25-26,30-31H,9-11,17-18,23-24H2,1-8H3,(H,36,39)(H,37,41). The molecule has 2 N–H and O–H groups in total. The zero-order chi connectivity index (χ0) is 31.3. The van der Waals surface area contributed by atoms with Gasteiger partial charge in [-0.25, -0.2) is 4.79 Å². The summed E-state index contributed by atoms with van der Waals surface area (Å²) in [6.45, 7) is 16.4. The molecule has 0 aliphatic heterocycles. The van der Waals surface area contributed by atoms with Crippen molar-refractivity contribution in [1.29, 1.82) is 0 Å². The molecule has 0 saturated heterocycles. The van der Waals surface area contributed by atoms with Crippen molar-refractivity contribution < 1.29 is 19.1 Å². The summed E-state index contributed by atoms with van der Waals surface area (Å²) < 4.78 is 5.56. The van der Waals surface area contributed by atoms with Crippen LogP contribution in [0.15, 0.2) is 54.6 Å². The van der Waals surface area contributed by atoms with Gasteiger partial charge >= 0.3 is 6.09 Å². The number of nitrogens with zero attached hydrogens (tertiary/aromatic N) is 1. The van der Waals surface area contributed by atoms with Crippen LogP contribution in [0.3, 0.4) is 0 Å². The molecule has 3 atom stereocenters. The van der Waals surface area contributed by atoms with Gasteiger partial charge in [0.2, 0.25) is 11.8 Å². The van der Waals surface area contributed by atoms with Crippen molar-refractivity contribution in [1.82, 2.24) is 15.5 Å². The van der Waals surface area contributed by atoms with Gasteiger partial charge in [0.1, 0.15) is 17.7 Å². The minimum absolute atomic E-state index is 0.215. The molecule has 7 heteroatoms. The Morgan fingerprint density at radius 3 is 2.07 bits per heavy atom. The molecule has 232 valence electrons. The van der Waals surface area contributed by atoms with Crippen LogP contribution in [-0.4, -0.2) is 47.0 Å². The molecular formula is C35H53N3O4. The molecule has 0 radical (unpaired) electrons. The van der Waals surface area contributed by atoms with Gasteiger partial charge in [0, 0.05) is 19.0 Å². The maximum Gasteiger partial charge on any atom is 0.408 e. The summed E-state index contributed by atoms with van der Waals surface area (Å²) in [4.78, 5) is 43.3. The monoisotopic (exact) mass is 579 g/mol. The van der Waals surface area contributed by atoms with Gasteiger partial charge in [0.05, 0.1) is 0 Å². The molecule has 0 saturated carbocycles. The molecule has 0 aliphatic rings. The molecule has 2 aromatic carbocycles. The smallest absolute Gasteiger partial charge is 0.408 e. The van der Waals surface area contributed by atoms with E-state index in [1.807, 2.05) is 61.5 Å². The first kappa shape index (κ1) is 34.8. The summed E-state index contributed by atoms with van der Waals surface area (Å²) in [7, 11) is 0. The quantitative estimate of drug-likeness (QED) is 0.223. The Kier molecular flexibility index (Phi) is 14.1. The summed E-state index contributed by atoms with van der Waals surface area (Å²) in [6.07, 6.45) is 3.89. The Bertz CT molecular complexity index is 1110. The number of unbranched alkanes of at least 4 members (excludes halogenated alkanes) is 1. The summed E-state index contributed by atoms with van der Waals surface area (Å²) in [6, 6.07) is 15.5. The van der Waals surface area contributed by atoms with E-state index in [2.05, 4.69) is 38.3 Å². The summed E-state index contributed by atoms with van der Waals surface area (Å²) >= 11 is 0. The Morgan fingerprint density at radius 1 is 0.881 bits per heavy atom. The third kappa shape index (κ3) is 11.5. The maximum absolute atomic E-state index is 14.7. The summed E-state index contributed by atoms with van der Waals surface area (Å²) in [5.74, 6) is -0.0885. The van der Waals surface area contributed by atoms with Gasteiger partial charge in [-0.2, -0.15) is 0 Å². The third-order valence-electron chi connectivity index (χ3n) is 7.22. The fraction of sp³-hybridized carbons (Fsp3) is 0.571. The fourth-order valence-corrected chi connectivity index (χ4v) is 4.85. The minimum Gasteiger partial charge on any atom is -0.444 e. The van der Waals surface area contributed by atoms with E-state index in [4.69, 9.17) is 4.74 Å². The van der Waals surface area contributed by atoms with E-state index in [1.165, 1.54) is 0 Å². The minimum atomic E-state index is -0.926. The van der Waals surface area contributed by atoms with Crippen LogP contribution in [0, 0.1) is 5.92 Å². The predicted molar refractivity (Wildman–Crippen MR) is 170 cm³/mol. The van der Waals surface area contributed by atoms with Crippen molar-refractivity contribution >= 4 is 17.9 Å². The second-order valence-corrected chi connectivity index (χ2v) is 12.6. The highest BCUT2D eigenvalue weighted by atomic mass is 16.6. The SMILES string of the molecule is CCCCNC(=O)C(c1ccc(CC)cc1)N(C(=O)C(Cc1ccccc1)NC(=O)OC(C)(C)C)C(C)CCC(C)C. The normalized spacial score (nSPS) is 13.6. The number of alkyl carbamates (subject to hydrolysis) is 1. The average Bonchev–Trinajstić information content (AvgIpc) is 2.93. The molecule has 0 fully saturated rings. The van der Waals surface area contributed by atoms with E-state index in [9.17, 15) is 14.4 Å². The van der Waals surface area contributed by atoms with Crippen molar-refractivity contribution in [2.24, 2.45) is 5.92 Å². The molecule has 3 unspecified atom stereocenters. The van der Waals surface area contributed by atoms with Crippen LogP contribution in [0.5, 0.6) is 0 Å². The van der Waals surface area contributed by atoms with E-state index in [-0.39, 0.29) is 24.3 Å². The van der Waals surface area contributed by atoms with E-state index >= 15 is 0 Å². The molecule has 7 nitrogen and oxygen atoms in total. The first-order valence-corrected chi connectivity index (χ1v) is 15.6. The Labute approximate surface area is 253 Å². The van der Waals surface area contributed by atoms with Crippen molar-refractivity contribution in [3.05, 3.63) is 71.3 Å². The van der Waals surface area contributed by atoms with Gasteiger partial charge in [0.25, 0.3) is 0 Å². The molecule has 3 amide bonds. The van der Waals surface area contributed by atoms with Crippen LogP contribution in [0.4, 0.5) is 4.79 Å². The molecule has 0 bridgehead atoms. The van der Waals surface area contributed by atoms with Crippen LogP contribution in [0.2, 0.25) is 0 Å². The van der Waals surface area contributed by atoms with E-state index < -0.39 is 23.8 Å². The Morgan fingerprint density at radius 2 is 1.52 bits per heavy atom. The first-order chi connectivity index (χ1) is 19.9. The maximum atomic E-state index is 14.7. The van der Waals surface area contributed by atoms with Crippen LogP contribution in [0.1, 0.15) is 104 Å². The van der Waals surface area contributed by atoms with Crippen molar-refractivity contribution in [3.63, 3.8) is 0 Å². The molecule has 0 heterocycles. The van der Waals surface area contributed by atoms with Gasteiger partial charge in [-0.15, -0.1) is 0 Å². The lowest BCUT2D eigenvalue weighted by atomic mass is 9.95. The van der Waals surface area contributed by atoms with Crippen LogP contribution in [-0.2, 0) is 27.2 Å². The fourth-order valence-electron chi connectivity index (χ4n) is 4.85. The van der Waals surface area contributed by atoms with Crippen molar-refractivity contribution in [3.8, 4) is 0 Å². The highest BCUT2D eigenvalue weighted by Gasteiger charge is 2.39. The average molecular weight is 580 g/mol. The molecule has 42 heavy (non-hydrogen) atoms. The second kappa shape index (κ2) is 16.9. The zero-order valence-electron chi connectivity index (χ0n) is 27.0. The Hall–Kier alpha value is -3.35. The number of hydrogen-bond donors (Lipinski definition) is 2. The first-order valence-electron chi connectivity index (χ1n) is 15.6. The lowest BCUT2D eigenvalue weighted by Crippen LogP contribution is -2.56. The number of carbonyl (C=O) groups is 3. The van der Waals surface area contributed by atoms with Crippen LogP contribution in [0.25, 0.3) is 0 Å².